The first kappa shape index (κ1) is 31.7. The molecule has 0 aliphatic carbocycles. The van der Waals surface area contributed by atoms with Gasteiger partial charge < -0.3 is 24.8 Å². The molecule has 12 heteroatoms. The number of rotatable bonds is 7. The summed E-state index contributed by atoms with van der Waals surface area (Å²) in [6, 6.07) is 15.5. The molecule has 1 aromatic heterocycles. The van der Waals surface area contributed by atoms with Gasteiger partial charge in [-0.15, -0.1) is 0 Å². The number of carbonyl (C=O) groups is 2. The molecule has 1 atom stereocenters. The standard InChI is InChI=1S/C33H40Cl2N6O4/c34-27-7-6-23(20-28(27)35)21-30(31(42)39-18-16-38(17-19-39)25-8-12-36-13-9-25)45-33(44)40-14-10-26(11-15-40)41-22-29(37-32(41)43)24-4-2-1-3-5-24/h1-7,20,22,25-26,30,36H,8-19,21H2,(H,37,43)/p+1/t30-/m1/s1. The fourth-order valence-corrected chi connectivity index (χ4v) is 7.13. The molecule has 45 heavy (non-hydrogen) atoms. The second-order valence-electron chi connectivity index (χ2n) is 12.2. The van der Waals surface area contributed by atoms with Crippen molar-refractivity contribution in [2.24, 2.45) is 0 Å². The number of H-pyrrole nitrogens is 1. The van der Waals surface area contributed by atoms with Gasteiger partial charge in [0.15, 0.2) is 6.10 Å². The fraction of sp³-hybridized carbons (Fsp3) is 0.485. The summed E-state index contributed by atoms with van der Waals surface area (Å²) in [6.45, 7) is 6.01. The maximum atomic E-state index is 13.9. The van der Waals surface area contributed by atoms with Crippen LogP contribution < -0.4 is 11.0 Å². The summed E-state index contributed by atoms with van der Waals surface area (Å²) in [4.78, 5) is 49.0. The number of hydrogen-bond donors (Lipinski definition) is 2. The summed E-state index contributed by atoms with van der Waals surface area (Å²) >= 11 is 12.4. The van der Waals surface area contributed by atoms with Crippen LogP contribution in [0.1, 0.15) is 37.3 Å². The molecule has 240 valence electrons. The minimum atomic E-state index is -0.982. The number of quaternary nitrogens is 1. The smallest absolute Gasteiger partial charge is 0.410 e. The lowest BCUT2D eigenvalue weighted by Gasteiger charge is -2.41. The maximum Gasteiger partial charge on any atom is 0.410 e. The van der Waals surface area contributed by atoms with Crippen LogP contribution in [0.2, 0.25) is 10.0 Å². The number of piperazine rings is 1. The van der Waals surface area contributed by atoms with E-state index in [0.29, 0.717) is 55.1 Å². The Labute approximate surface area is 273 Å². The highest BCUT2D eigenvalue weighted by atomic mass is 35.5. The number of ether oxygens (including phenoxy) is 1. The average Bonchev–Trinajstić information content (AvgIpc) is 3.48. The Morgan fingerprint density at radius 3 is 2.27 bits per heavy atom. The Hall–Kier alpha value is -3.31. The zero-order chi connectivity index (χ0) is 31.3. The Morgan fingerprint density at radius 1 is 0.867 bits per heavy atom. The first-order chi connectivity index (χ1) is 21.9. The van der Waals surface area contributed by atoms with Crippen molar-refractivity contribution in [1.29, 1.82) is 0 Å². The molecule has 0 unspecified atom stereocenters. The molecular formula is C33H41Cl2N6O4+. The Balaban J connectivity index is 1.09. The van der Waals surface area contributed by atoms with E-state index in [1.807, 2.05) is 47.5 Å². The second kappa shape index (κ2) is 14.4. The predicted molar refractivity (Wildman–Crippen MR) is 174 cm³/mol. The molecule has 0 saturated carbocycles. The predicted octanol–water partition coefficient (Wildman–Crippen LogP) is 3.41. The summed E-state index contributed by atoms with van der Waals surface area (Å²) in [6.07, 6.45) is 4.12. The third-order valence-corrected chi connectivity index (χ3v) is 10.2. The number of aromatic nitrogens is 2. The maximum absolute atomic E-state index is 13.9. The van der Waals surface area contributed by atoms with Crippen molar-refractivity contribution in [3.63, 3.8) is 0 Å². The van der Waals surface area contributed by atoms with Gasteiger partial charge in [0.1, 0.15) is 0 Å². The highest BCUT2D eigenvalue weighted by Crippen LogP contribution is 2.26. The zero-order valence-electron chi connectivity index (χ0n) is 25.4. The zero-order valence-corrected chi connectivity index (χ0v) is 26.9. The normalized spacial score (nSPS) is 19.4. The molecule has 3 aliphatic heterocycles. The summed E-state index contributed by atoms with van der Waals surface area (Å²) in [5.74, 6) is -0.187. The van der Waals surface area contributed by atoms with Gasteiger partial charge in [-0.25, -0.2) is 9.59 Å². The number of likely N-dealkylation sites (tertiary alicyclic amines) is 1. The van der Waals surface area contributed by atoms with Crippen LogP contribution in [0.5, 0.6) is 0 Å². The van der Waals surface area contributed by atoms with E-state index in [2.05, 4.69) is 15.2 Å². The lowest BCUT2D eigenvalue weighted by molar-refractivity contribution is -0.664. The Bertz CT molecular complexity index is 1520. The number of nitrogens with one attached hydrogen (secondary N) is 1. The minimum absolute atomic E-state index is 0.0396. The number of benzene rings is 2. The van der Waals surface area contributed by atoms with Crippen LogP contribution in [0.4, 0.5) is 4.79 Å². The molecule has 0 radical (unpaired) electrons. The van der Waals surface area contributed by atoms with Crippen molar-refractivity contribution in [1.82, 2.24) is 24.3 Å². The van der Waals surface area contributed by atoms with Gasteiger partial charge in [0.05, 0.1) is 28.8 Å². The van der Waals surface area contributed by atoms with E-state index in [9.17, 15) is 14.4 Å². The number of nitrogens with two attached hydrogens (primary N) is 1. The lowest BCUT2D eigenvalue weighted by Crippen LogP contribution is -2.87. The SMILES string of the molecule is O=C(O[C@H](Cc1ccc(Cl)c(Cl)c1)C(=O)N1CCN(C2CC[NH2+]CC2)CC1)N1CCC(n2cc(-c3ccccc3)[nH]c2=O)CC1. The van der Waals surface area contributed by atoms with E-state index in [4.69, 9.17) is 27.9 Å². The van der Waals surface area contributed by atoms with Crippen molar-refractivity contribution in [2.45, 2.75) is 50.3 Å². The monoisotopic (exact) mass is 655 g/mol. The first-order valence-electron chi connectivity index (χ1n) is 16.0. The largest absolute Gasteiger partial charge is 0.436 e. The van der Waals surface area contributed by atoms with Gasteiger partial charge in [0.25, 0.3) is 5.91 Å². The van der Waals surface area contributed by atoms with Crippen LogP contribution in [0.25, 0.3) is 11.3 Å². The molecular weight excluding hydrogens is 615 g/mol. The summed E-state index contributed by atoms with van der Waals surface area (Å²) in [5, 5.41) is 3.18. The molecule has 0 bridgehead atoms. The number of halogens is 2. The third kappa shape index (κ3) is 7.57. The van der Waals surface area contributed by atoms with Crippen molar-refractivity contribution in [3.8, 4) is 11.3 Å². The molecule has 4 heterocycles. The minimum Gasteiger partial charge on any atom is -0.436 e. The van der Waals surface area contributed by atoms with Crippen molar-refractivity contribution >= 4 is 35.2 Å². The quantitative estimate of drug-likeness (QED) is 0.406. The number of imidazole rings is 1. The summed E-state index contributed by atoms with van der Waals surface area (Å²) < 4.78 is 7.71. The molecule has 0 spiro atoms. The fourth-order valence-electron chi connectivity index (χ4n) is 6.81. The first-order valence-corrected chi connectivity index (χ1v) is 16.7. The summed E-state index contributed by atoms with van der Waals surface area (Å²) in [5.41, 5.74) is 2.32. The van der Waals surface area contributed by atoms with Gasteiger partial charge in [-0.1, -0.05) is 59.6 Å². The molecule has 3 saturated heterocycles. The highest BCUT2D eigenvalue weighted by Gasteiger charge is 2.35. The van der Waals surface area contributed by atoms with Crippen LogP contribution in [-0.2, 0) is 16.0 Å². The van der Waals surface area contributed by atoms with E-state index in [1.165, 1.54) is 12.8 Å². The van der Waals surface area contributed by atoms with Crippen molar-refractivity contribution in [3.05, 3.63) is 80.8 Å². The Morgan fingerprint density at radius 2 is 1.58 bits per heavy atom. The summed E-state index contributed by atoms with van der Waals surface area (Å²) in [7, 11) is 0. The third-order valence-electron chi connectivity index (χ3n) is 9.42. The van der Waals surface area contributed by atoms with Crippen LogP contribution in [0, 0.1) is 0 Å². The Kier molecular flexibility index (Phi) is 10.1. The molecule has 2 aromatic carbocycles. The lowest BCUT2D eigenvalue weighted by atomic mass is 10.0. The number of piperidine rings is 2. The van der Waals surface area contributed by atoms with E-state index in [1.54, 1.807) is 21.6 Å². The van der Waals surface area contributed by atoms with Gasteiger partial charge in [-0.05, 0) is 36.1 Å². The molecule has 2 amide bonds. The number of nitrogens with zero attached hydrogens (tertiary/aromatic N) is 4. The molecule has 3 aliphatic rings. The highest BCUT2D eigenvalue weighted by molar-refractivity contribution is 6.42. The number of aromatic amines is 1. The topological polar surface area (TPSA) is 107 Å². The molecule has 6 rings (SSSR count). The molecule has 3 N–H and O–H groups in total. The van der Waals surface area contributed by atoms with Crippen LogP contribution in [0.3, 0.4) is 0 Å². The number of carbonyl (C=O) groups excluding carboxylic acids is 2. The van der Waals surface area contributed by atoms with Gasteiger partial charge >= 0.3 is 11.8 Å². The number of hydrogen-bond acceptors (Lipinski definition) is 5. The van der Waals surface area contributed by atoms with Gasteiger partial charge in [-0.2, -0.15) is 0 Å². The van der Waals surface area contributed by atoms with E-state index in [0.717, 1.165) is 43.0 Å². The molecule has 10 nitrogen and oxygen atoms in total. The van der Waals surface area contributed by atoms with Gasteiger partial charge in [0, 0.05) is 76.8 Å². The van der Waals surface area contributed by atoms with Crippen LogP contribution >= 0.6 is 23.2 Å². The second-order valence-corrected chi connectivity index (χ2v) is 13.1. The van der Waals surface area contributed by atoms with E-state index < -0.39 is 12.2 Å². The molecule has 3 aromatic rings. The van der Waals surface area contributed by atoms with Gasteiger partial charge in [-0.3, -0.25) is 14.3 Å². The van der Waals surface area contributed by atoms with Crippen LogP contribution in [-0.4, -0.2) is 101 Å². The van der Waals surface area contributed by atoms with Crippen LogP contribution in [0.15, 0.2) is 59.5 Å². The van der Waals surface area contributed by atoms with E-state index in [-0.39, 0.29) is 24.1 Å². The number of amides is 2. The van der Waals surface area contributed by atoms with Crippen molar-refractivity contribution < 1.29 is 19.6 Å². The molecule has 3 fully saturated rings. The van der Waals surface area contributed by atoms with E-state index >= 15 is 0 Å². The van der Waals surface area contributed by atoms with Gasteiger partial charge in [0.2, 0.25) is 0 Å². The van der Waals surface area contributed by atoms with Crippen molar-refractivity contribution in [2.75, 3.05) is 52.4 Å². The average molecular weight is 657 g/mol.